The number of aromatic amines is 1. The topological polar surface area (TPSA) is 97.2 Å². The first-order chi connectivity index (χ1) is 17.0. The van der Waals surface area contributed by atoms with Gasteiger partial charge >= 0.3 is 5.69 Å². The molecule has 3 aliphatic rings. The first kappa shape index (κ1) is 22.1. The van der Waals surface area contributed by atoms with E-state index in [4.69, 9.17) is 0 Å². The molecule has 0 spiro atoms. The number of aromatic nitrogens is 3. The highest BCUT2D eigenvalue weighted by atomic mass is 16.2. The molecule has 35 heavy (non-hydrogen) atoms. The molecule has 2 atom stereocenters. The zero-order chi connectivity index (χ0) is 24.1. The molecule has 182 valence electrons. The first-order valence-electron chi connectivity index (χ1n) is 12.7. The summed E-state index contributed by atoms with van der Waals surface area (Å²) in [5.74, 6) is 0.982. The summed E-state index contributed by atoms with van der Waals surface area (Å²) in [6, 6.07) is 12.5. The van der Waals surface area contributed by atoms with Crippen molar-refractivity contribution >= 4 is 16.8 Å². The molecule has 2 bridgehead atoms. The second kappa shape index (κ2) is 8.66. The summed E-state index contributed by atoms with van der Waals surface area (Å²) in [7, 11) is 0. The van der Waals surface area contributed by atoms with Crippen LogP contribution >= 0.6 is 0 Å². The Bertz CT molecular complexity index is 1460. The molecule has 1 saturated heterocycles. The number of H-pyrrole nitrogens is 1. The molecule has 1 aromatic carbocycles. The standard InChI is InChI=1S/C27H30N4O4/c32-24-7-3-6-23-20-12-18(15-30(23)24)13-29(16-20)25(33)19-10-8-17(9-11-19)14-31-26(34)21-4-1-2-5-22(21)28-27(31)35/h1-7,17-20H,8-16H2,(H,28,35). The van der Waals surface area contributed by atoms with E-state index in [2.05, 4.69) is 4.98 Å². The third kappa shape index (κ3) is 3.94. The second-order valence-electron chi connectivity index (χ2n) is 10.6. The van der Waals surface area contributed by atoms with Gasteiger partial charge in [0.25, 0.3) is 11.1 Å². The van der Waals surface area contributed by atoms with E-state index >= 15 is 0 Å². The van der Waals surface area contributed by atoms with Crippen molar-refractivity contribution in [2.24, 2.45) is 17.8 Å². The van der Waals surface area contributed by atoms with Crippen LogP contribution in [0.1, 0.15) is 43.7 Å². The lowest BCUT2D eigenvalue weighted by atomic mass is 9.79. The van der Waals surface area contributed by atoms with Gasteiger partial charge in [-0.3, -0.25) is 19.0 Å². The number of fused-ring (bicyclic) bond motifs is 5. The van der Waals surface area contributed by atoms with Crippen LogP contribution in [0, 0.1) is 17.8 Å². The number of amides is 1. The van der Waals surface area contributed by atoms with Gasteiger partial charge in [-0.1, -0.05) is 18.2 Å². The third-order valence-electron chi connectivity index (χ3n) is 8.32. The minimum absolute atomic E-state index is 0.00495. The number of nitrogens with one attached hydrogen (secondary N) is 1. The van der Waals surface area contributed by atoms with Gasteiger partial charge in [0, 0.05) is 49.8 Å². The molecule has 0 radical (unpaired) electrons. The van der Waals surface area contributed by atoms with E-state index in [-0.39, 0.29) is 40.5 Å². The van der Waals surface area contributed by atoms with E-state index in [0.29, 0.717) is 36.5 Å². The zero-order valence-electron chi connectivity index (χ0n) is 19.7. The molecule has 3 aromatic rings. The van der Waals surface area contributed by atoms with Gasteiger partial charge in [-0.15, -0.1) is 0 Å². The highest BCUT2D eigenvalue weighted by molar-refractivity contribution is 5.79. The van der Waals surface area contributed by atoms with E-state index in [1.807, 2.05) is 21.6 Å². The van der Waals surface area contributed by atoms with Crippen LogP contribution in [0.4, 0.5) is 0 Å². The predicted octanol–water partition coefficient (Wildman–Crippen LogP) is 2.30. The molecule has 4 heterocycles. The van der Waals surface area contributed by atoms with Gasteiger partial charge in [0.15, 0.2) is 0 Å². The van der Waals surface area contributed by atoms with Gasteiger partial charge in [0.2, 0.25) is 5.91 Å². The number of pyridine rings is 1. The molecule has 1 saturated carbocycles. The molecule has 8 heteroatoms. The molecule has 2 unspecified atom stereocenters. The summed E-state index contributed by atoms with van der Waals surface area (Å²) in [5.41, 5.74) is 1.06. The Morgan fingerprint density at radius 3 is 2.54 bits per heavy atom. The lowest BCUT2D eigenvalue weighted by Gasteiger charge is -2.44. The van der Waals surface area contributed by atoms with E-state index in [0.717, 1.165) is 44.3 Å². The number of carbonyl (C=O) groups is 1. The fourth-order valence-electron chi connectivity index (χ4n) is 6.55. The maximum Gasteiger partial charge on any atom is 0.328 e. The van der Waals surface area contributed by atoms with Crippen molar-refractivity contribution in [2.45, 2.75) is 51.1 Å². The normalized spacial score (nSPS) is 25.9. The summed E-state index contributed by atoms with van der Waals surface area (Å²) >= 11 is 0. The van der Waals surface area contributed by atoms with Gasteiger partial charge < -0.3 is 14.5 Å². The zero-order valence-corrected chi connectivity index (χ0v) is 19.7. The Morgan fingerprint density at radius 1 is 0.914 bits per heavy atom. The van der Waals surface area contributed by atoms with Crippen molar-refractivity contribution in [1.29, 1.82) is 0 Å². The minimum atomic E-state index is -0.369. The number of rotatable bonds is 3. The summed E-state index contributed by atoms with van der Waals surface area (Å²) in [5, 5.41) is 0.524. The highest BCUT2D eigenvalue weighted by Gasteiger charge is 2.38. The molecule has 2 fully saturated rings. The van der Waals surface area contributed by atoms with Crippen LogP contribution in [0.2, 0.25) is 0 Å². The van der Waals surface area contributed by atoms with Crippen molar-refractivity contribution in [3.63, 3.8) is 0 Å². The Balaban J connectivity index is 1.11. The minimum Gasteiger partial charge on any atom is -0.341 e. The van der Waals surface area contributed by atoms with Crippen LogP contribution in [0.25, 0.3) is 10.9 Å². The molecule has 6 rings (SSSR count). The monoisotopic (exact) mass is 474 g/mol. The van der Waals surface area contributed by atoms with Crippen LogP contribution in [0.3, 0.4) is 0 Å². The Hall–Kier alpha value is -3.42. The number of para-hydroxylation sites is 1. The molecule has 8 nitrogen and oxygen atoms in total. The van der Waals surface area contributed by atoms with Crippen molar-refractivity contribution in [1.82, 2.24) is 19.0 Å². The third-order valence-corrected chi connectivity index (χ3v) is 8.32. The van der Waals surface area contributed by atoms with Crippen LogP contribution in [-0.4, -0.2) is 38.0 Å². The maximum atomic E-state index is 13.4. The van der Waals surface area contributed by atoms with E-state index in [1.54, 1.807) is 30.3 Å². The SMILES string of the molecule is O=C(C1CCC(Cn2c(=O)[nH]c3ccccc3c2=O)CC1)N1CC2CC(C1)c1cccc(=O)n1C2. The van der Waals surface area contributed by atoms with Gasteiger partial charge in [-0.05, 0) is 62.1 Å². The molecular weight excluding hydrogens is 444 g/mol. The summed E-state index contributed by atoms with van der Waals surface area (Å²) in [6.07, 6.45) is 4.26. The first-order valence-corrected chi connectivity index (χ1v) is 12.7. The average molecular weight is 475 g/mol. The fraction of sp³-hybridized carbons (Fsp3) is 0.481. The Morgan fingerprint density at radius 2 is 1.71 bits per heavy atom. The van der Waals surface area contributed by atoms with Gasteiger partial charge in [-0.25, -0.2) is 4.79 Å². The maximum absolute atomic E-state index is 13.4. The summed E-state index contributed by atoms with van der Waals surface area (Å²) in [4.78, 5) is 55.9. The fourth-order valence-corrected chi connectivity index (χ4v) is 6.55. The molecule has 1 amide bonds. The number of piperidine rings is 1. The molecule has 2 aliphatic heterocycles. The second-order valence-corrected chi connectivity index (χ2v) is 10.6. The highest BCUT2D eigenvalue weighted by Crippen LogP contribution is 2.37. The van der Waals surface area contributed by atoms with Gasteiger partial charge in [0.1, 0.15) is 0 Å². The number of hydrogen-bond acceptors (Lipinski definition) is 4. The van der Waals surface area contributed by atoms with E-state index < -0.39 is 0 Å². The smallest absolute Gasteiger partial charge is 0.328 e. The molecular formula is C27H30N4O4. The van der Waals surface area contributed by atoms with Crippen molar-refractivity contribution in [3.05, 3.63) is 79.4 Å². The van der Waals surface area contributed by atoms with Crippen molar-refractivity contribution in [3.8, 4) is 0 Å². The van der Waals surface area contributed by atoms with Crippen LogP contribution < -0.4 is 16.8 Å². The lowest BCUT2D eigenvalue weighted by molar-refractivity contribution is -0.139. The van der Waals surface area contributed by atoms with Crippen molar-refractivity contribution < 1.29 is 4.79 Å². The molecule has 1 N–H and O–H groups in total. The molecule has 2 aromatic heterocycles. The number of hydrogen-bond donors (Lipinski definition) is 1. The quantitative estimate of drug-likeness (QED) is 0.630. The number of likely N-dealkylation sites (tertiary alicyclic amines) is 1. The molecule has 1 aliphatic carbocycles. The number of benzene rings is 1. The lowest BCUT2D eigenvalue weighted by Crippen LogP contribution is -2.51. The number of carbonyl (C=O) groups excluding carboxylic acids is 1. The largest absolute Gasteiger partial charge is 0.341 e. The summed E-state index contributed by atoms with van der Waals surface area (Å²) < 4.78 is 3.21. The summed E-state index contributed by atoms with van der Waals surface area (Å²) in [6.45, 7) is 2.48. The van der Waals surface area contributed by atoms with Gasteiger partial charge in [-0.2, -0.15) is 0 Å². The average Bonchev–Trinajstić information content (AvgIpc) is 2.87. The van der Waals surface area contributed by atoms with Gasteiger partial charge in [0.05, 0.1) is 10.9 Å². The van der Waals surface area contributed by atoms with Crippen LogP contribution in [0.15, 0.2) is 56.8 Å². The Labute approximate surface area is 202 Å². The van der Waals surface area contributed by atoms with E-state index in [1.165, 1.54) is 4.57 Å². The van der Waals surface area contributed by atoms with E-state index in [9.17, 15) is 19.2 Å². The number of nitrogens with zero attached hydrogens (tertiary/aromatic N) is 3. The predicted molar refractivity (Wildman–Crippen MR) is 132 cm³/mol. The van der Waals surface area contributed by atoms with Crippen LogP contribution in [0.5, 0.6) is 0 Å². The Kier molecular flexibility index (Phi) is 5.46. The van der Waals surface area contributed by atoms with Crippen LogP contribution in [-0.2, 0) is 17.9 Å². The van der Waals surface area contributed by atoms with Crippen molar-refractivity contribution in [2.75, 3.05) is 13.1 Å².